The summed E-state index contributed by atoms with van der Waals surface area (Å²) in [7, 11) is 0. The van der Waals surface area contributed by atoms with Crippen molar-refractivity contribution in [3.8, 4) is 0 Å². The van der Waals surface area contributed by atoms with Crippen LogP contribution in [0.5, 0.6) is 0 Å². The molecule has 0 heterocycles. The zero-order valence-electron chi connectivity index (χ0n) is 14.4. The summed E-state index contributed by atoms with van der Waals surface area (Å²) >= 11 is 0. The summed E-state index contributed by atoms with van der Waals surface area (Å²) in [5, 5.41) is 0. The standard InChI is InChI=1S/C20H36/c1-7-10-11-17(4)18-14-19(5,6)16-20(15-18,12-8-2)13-9-3/h7,18H,1,4,8-16H2,2-3,5-6H3. The van der Waals surface area contributed by atoms with Gasteiger partial charge in [0, 0.05) is 0 Å². The predicted molar refractivity (Wildman–Crippen MR) is 91.9 cm³/mol. The molecule has 0 aromatic carbocycles. The van der Waals surface area contributed by atoms with E-state index in [1.165, 1.54) is 50.5 Å². The Labute approximate surface area is 127 Å². The topological polar surface area (TPSA) is 0 Å². The van der Waals surface area contributed by atoms with E-state index in [2.05, 4.69) is 40.9 Å². The van der Waals surface area contributed by atoms with E-state index in [-0.39, 0.29) is 0 Å². The van der Waals surface area contributed by atoms with Crippen molar-refractivity contribution < 1.29 is 0 Å². The lowest BCUT2D eigenvalue weighted by atomic mass is 9.56. The van der Waals surface area contributed by atoms with Gasteiger partial charge in [0.05, 0.1) is 0 Å². The second-order valence-corrected chi connectivity index (χ2v) is 7.93. The van der Waals surface area contributed by atoms with E-state index >= 15 is 0 Å². The third-order valence-corrected chi connectivity index (χ3v) is 5.14. The molecular weight excluding hydrogens is 240 g/mol. The Bertz CT molecular complexity index is 315. The highest BCUT2D eigenvalue weighted by molar-refractivity contribution is 5.08. The first kappa shape index (κ1) is 17.5. The molecule has 20 heavy (non-hydrogen) atoms. The van der Waals surface area contributed by atoms with Crippen molar-refractivity contribution >= 4 is 0 Å². The van der Waals surface area contributed by atoms with Crippen LogP contribution in [-0.2, 0) is 0 Å². The van der Waals surface area contributed by atoms with Gasteiger partial charge in [0.1, 0.15) is 0 Å². The van der Waals surface area contributed by atoms with E-state index in [1.54, 1.807) is 0 Å². The van der Waals surface area contributed by atoms with Gasteiger partial charge >= 0.3 is 0 Å². The molecular formula is C20H36. The van der Waals surface area contributed by atoms with E-state index in [9.17, 15) is 0 Å². The Kier molecular flexibility index (Phi) is 6.55. The molecule has 1 saturated carbocycles. The van der Waals surface area contributed by atoms with Gasteiger partial charge in [-0.1, -0.05) is 58.8 Å². The Hall–Kier alpha value is -0.520. The SMILES string of the molecule is C=CCCC(=C)C1CC(C)(C)CC(CCC)(CCC)C1. The van der Waals surface area contributed by atoms with Gasteiger partial charge in [0.25, 0.3) is 0 Å². The second-order valence-electron chi connectivity index (χ2n) is 7.93. The smallest absolute Gasteiger partial charge is 0.0195 e. The highest BCUT2D eigenvalue weighted by Gasteiger charge is 2.43. The van der Waals surface area contributed by atoms with Crippen molar-refractivity contribution in [1.29, 1.82) is 0 Å². The molecule has 0 nitrogen and oxygen atoms in total. The number of hydrogen-bond donors (Lipinski definition) is 0. The minimum absolute atomic E-state index is 0.477. The molecule has 1 fully saturated rings. The largest absolute Gasteiger partial charge is 0.103 e. The minimum Gasteiger partial charge on any atom is -0.103 e. The fourth-order valence-corrected chi connectivity index (χ4v) is 4.77. The third kappa shape index (κ3) is 4.79. The normalized spacial score (nSPS) is 24.3. The Morgan fingerprint density at radius 1 is 1.15 bits per heavy atom. The molecule has 1 rings (SSSR count). The van der Waals surface area contributed by atoms with E-state index in [0.717, 1.165) is 18.8 Å². The Morgan fingerprint density at radius 2 is 1.75 bits per heavy atom. The van der Waals surface area contributed by atoms with Gasteiger partial charge in [-0.05, 0) is 61.7 Å². The summed E-state index contributed by atoms with van der Waals surface area (Å²) < 4.78 is 0. The molecule has 0 radical (unpaired) electrons. The molecule has 0 N–H and O–H groups in total. The molecule has 0 aliphatic heterocycles. The first-order valence-electron chi connectivity index (χ1n) is 8.66. The average Bonchev–Trinajstić information content (AvgIpc) is 2.34. The van der Waals surface area contributed by atoms with Crippen molar-refractivity contribution in [1.82, 2.24) is 0 Å². The number of hydrogen-bond acceptors (Lipinski definition) is 0. The van der Waals surface area contributed by atoms with E-state index in [1.807, 2.05) is 6.08 Å². The molecule has 0 heteroatoms. The van der Waals surface area contributed by atoms with E-state index in [0.29, 0.717) is 10.8 Å². The van der Waals surface area contributed by atoms with Crippen LogP contribution in [0.3, 0.4) is 0 Å². The van der Waals surface area contributed by atoms with Crippen molar-refractivity contribution in [2.75, 3.05) is 0 Å². The fraction of sp³-hybridized carbons (Fsp3) is 0.800. The van der Waals surface area contributed by atoms with Gasteiger partial charge in [-0.2, -0.15) is 0 Å². The fourth-order valence-electron chi connectivity index (χ4n) is 4.77. The first-order chi connectivity index (χ1) is 9.38. The molecule has 116 valence electrons. The van der Waals surface area contributed by atoms with Gasteiger partial charge in [-0.3, -0.25) is 0 Å². The van der Waals surface area contributed by atoms with Crippen LogP contribution in [0.1, 0.15) is 85.5 Å². The van der Waals surface area contributed by atoms with Crippen LogP contribution in [0.15, 0.2) is 24.8 Å². The summed E-state index contributed by atoms with van der Waals surface area (Å²) in [6.45, 7) is 17.9. The van der Waals surface area contributed by atoms with Gasteiger partial charge in [-0.15, -0.1) is 6.58 Å². The molecule has 0 amide bonds. The summed E-state index contributed by atoms with van der Waals surface area (Å²) in [5.41, 5.74) is 2.53. The first-order valence-corrected chi connectivity index (χ1v) is 8.66. The number of allylic oxidation sites excluding steroid dienone is 2. The Morgan fingerprint density at radius 3 is 2.25 bits per heavy atom. The molecule has 0 aromatic rings. The van der Waals surface area contributed by atoms with E-state index < -0.39 is 0 Å². The third-order valence-electron chi connectivity index (χ3n) is 5.14. The number of rotatable bonds is 8. The summed E-state index contributed by atoms with van der Waals surface area (Å²) in [5.74, 6) is 0.733. The van der Waals surface area contributed by atoms with Crippen molar-refractivity contribution in [2.45, 2.75) is 85.5 Å². The maximum Gasteiger partial charge on any atom is -0.0195 e. The van der Waals surface area contributed by atoms with Crippen LogP contribution in [0, 0.1) is 16.7 Å². The zero-order valence-corrected chi connectivity index (χ0v) is 14.4. The highest BCUT2D eigenvalue weighted by atomic mass is 14.5. The molecule has 1 atom stereocenters. The van der Waals surface area contributed by atoms with Crippen molar-refractivity contribution in [2.24, 2.45) is 16.7 Å². The monoisotopic (exact) mass is 276 g/mol. The molecule has 0 saturated heterocycles. The van der Waals surface area contributed by atoms with Gasteiger partial charge in [0.2, 0.25) is 0 Å². The lowest BCUT2D eigenvalue weighted by Gasteiger charge is -2.49. The molecule has 1 aliphatic carbocycles. The van der Waals surface area contributed by atoms with Crippen molar-refractivity contribution in [3.63, 3.8) is 0 Å². The summed E-state index contributed by atoms with van der Waals surface area (Å²) in [6.07, 6.45) is 13.8. The second kappa shape index (κ2) is 7.48. The molecule has 1 aliphatic rings. The van der Waals surface area contributed by atoms with Crippen LogP contribution >= 0.6 is 0 Å². The molecule has 0 spiro atoms. The van der Waals surface area contributed by atoms with Crippen LogP contribution in [0.25, 0.3) is 0 Å². The Balaban J connectivity index is 2.86. The van der Waals surface area contributed by atoms with Gasteiger partial charge in [0.15, 0.2) is 0 Å². The predicted octanol–water partition coefficient (Wildman–Crippen LogP) is 6.92. The van der Waals surface area contributed by atoms with Gasteiger partial charge < -0.3 is 0 Å². The lowest BCUT2D eigenvalue weighted by Crippen LogP contribution is -2.38. The summed E-state index contributed by atoms with van der Waals surface area (Å²) in [4.78, 5) is 0. The quantitative estimate of drug-likeness (QED) is 0.422. The van der Waals surface area contributed by atoms with E-state index in [4.69, 9.17) is 0 Å². The molecule has 1 unspecified atom stereocenters. The van der Waals surface area contributed by atoms with Crippen LogP contribution < -0.4 is 0 Å². The van der Waals surface area contributed by atoms with Crippen LogP contribution in [0.4, 0.5) is 0 Å². The molecule has 0 bridgehead atoms. The maximum atomic E-state index is 4.42. The molecule has 0 aromatic heterocycles. The van der Waals surface area contributed by atoms with Crippen LogP contribution in [-0.4, -0.2) is 0 Å². The average molecular weight is 277 g/mol. The highest BCUT2D eigenvalue weighted by Crippen LogP contribution is 2.55. The zero-order chi connectivity index (χ0) is 15.2. The van der Waals surface area contributed by atoms with Crippen LogP contribution in [0.2, 0.25) is 0 Å². The van der Waals surface area contributed by atoms with Crippen molar-refractivity contribution in [3.05, 3.63) is 24.8 Å². The lowest BCUT2D eigenvalue weighted by molar-refractivity contribution is 0.0360. The summed E-state index contributed by atoms with van der Waals surface area (Å²) in [6, 6.07) is 0. The maximum absolute atomic E-state index is 4.42. The van der Waals surface area contributed by atoms with Gasteiger partial charge in [-0.25, -0.2) is 0 Å². The minimum atomic E-state index is 0.477.